The zero-order valence-electron chi connectivity index (χ0n) is 17.7. The van der Waals surface area contributed by atoms with Crippen LogP contribution in [0, 0.1) is 6.92 Å². The average Bonchev–Trinajstić information content (AvgIpc) is 2.71. The van der Waals surface area contributed by atoms with Gasteiger partial charge in [0, 0.05) is 14.1 Å². The van der Waals surface area contributed by atoms with Crippen molar-refractivity contribution in [2.24, 2.45) is 8.80 Å². The summed E-state index contributed by atoms with van der Waals surface area (Å²) in [4.78, 5) is 3.29. The van der Waals surface area contributed by atoms with Crippen molar-refractivity contribution in [1.82, 2.24) is 9.80 Å². The molecule has 3 rings (SSSR count). The van der Waals surface area contributed by atoms with Crippen LogP contribution in [0.15, 0.2) is 67.1 Å². The van der Waals surface area contributed by atoms with Crippen LogP contribution in [0.25, 0.3) is 0 Å². The molecule has 2 aromatic rings. The first-order valence-electron chi connectivity index (χ1n) is 9.32. The minimum absolute atomic E-state index is 0.0401. The third kappa shape index (κ3) is 5.23. The molecule has 11 heteroatoms. The van der Waals surface area contributed by atoms with Crippen molar-refractivity contribution in [2.45, 2.75) is 16.7 Å². The first kappa shape index (κ1) is 22.8. The van der Waals surface area contributed by atoms with Crippen LogP contribution in [-0.2, 0) is 20.0 Å². The highest BCUT2D eigenvalue weighted by molar-refractivity contribution is 7.90. The second-order valence-electron chi connectivity index (χ2n) is 7.17. The van der Waals surface area contributed by atoms with E-state index in [9.17, 15) is 16.8 Å². The van der Waals surface area contributed by atoms with Gasteiger partial charge < -0.3 is 14.5 Å². The van der Waals surface area contributed by atoms with E-state index < -0.39 is 20.0 Å². The van der Waals surface area contributed by atoms with Gasteiger partial charge in [0.1, 0.15) is 17.4 Å². The molecular weight excluding hydrogens is 440 g/mol. The lowest BCUT2D eigenvalue weighted by Crippen LogP contribution is -2.51. The molecule has 0 spiro atoms. The van der Waals surface area contributed by atoms with E-state index in [0.29, 0.717) is 11.6 Å². The lowest BCUT2D eigenvalue weighted by Gasteiger charge is -2.34. The van der Waals surface area contributed by atoms with Gasteiger partial charge in [-0.25, -0.2) is 0 Å². The number of benzene rings is 2. The number of piperazine rings is 1. The van der Waals surface area contributed by atoms with Crippen LogP contribution in [0.3, 0.4) is 0 Å². The third-order valence-corrected chi connectivity index (χ3v) is 7.40. The van der Waals surface area contributed by atoms with Gasteiger partial charge in [-0.15, -0.1) is 8.80 Å². The summed E-state index contributed by atoms with van der Waals surface area (Å²) in [5.41, 5.74) is 0.944. The molecule has 0 aromatic heterocycles. The van der Waals surface area contributed by atoms with Crippen molar-refractivity contribution >= 4 is 31.7 Å². The molecule has 2 aromatic carbocycles. The number of likely N-dealkylation sites (N-methyl/N-ethyl adjacent to an activating group) is 2. The van der Waals surface area contributed by atoms with Crippen LogP contribution in [0.1, 0.15) is 5.56 Å². The van der Waals surface area contributed by atoms with Crippen molar-refractivity contribution in [3.63, 3.8) is 0 Å². The molecule has 0 unspecified atom stereocenters. The summed E-state index contributed by atoms with van der Waals surface area (Å²) in [5.74, 6) is 1.12. The summed E-state index contributed by atoms with van der Waals surface area (Å²) in [6, 6.07) is 12.4. The largest absolute Gasteiger partial charge is 0.497 e. The number of sulfonamides is 2. The Morgan fingerprint density at radius 3 is 1.52 bits per heavy atom. The van der Waals surface area contributed by atoms with Gasteiger partial charge in [-0.1, -0.05) is 17.7 Å². The fraction of sp³-hybridized carbons (Fsp3) is 0.300. The molecule has 1 saturated heterocycles. The van der Waals surface area contributed by atoms with Crippen molar-refractivity contribution in [2.75, 3.05) is 34.3 Å². The molecule has 1 aliphatic rings. The Kier molecular flexibility index (Phi) is 6.37. The second kappa shape index (κ2) is 8.67. The van der Waals surface area contributed by atoms with E-state index in [1.807, 2.05) is 6.92 Å². The van der Waals surface area contributed by atoms with Gasteiger partial charge in [-0.3, -0.25) is 0 Å². The highest BCUT2D eigenvalue weighted by Crippen LogP contribution is 2.19. The quantitative estimate of drug-likeness (QED) is 0.663. The summed E-state index contributed by atoms with van der Waals surface area (Å²) >= 11 is 0. The summed E-state index contributed by atoms with van der Waals surface area (Å²) in [7, 11) is -3.04. The van der Waals surface area contributed by atoms with Gasteiger partial charge in [0.2, 0.25) is 0 Å². The van der Waals surface area contributed by atoms with E-state index in [4.69, 9.17) is 4.74 Å². The highest BCUT2D eigenvalue weighted by atomic mass is 32.2. The minimum Gasteiger partial charge on any atom is -0.497 e. The first-order valence-corrected chi connectivity index (χ1v) is 12.2. The molecule has 0 aliphatic carbocycles. The maximum absolute atomic E-state index is 12.7. The molecule has 9 nitrogen and oxygen atoms in total. The smallest absolute Gasteiger partial charge is 0.284 e. The molecule has 1 fully saturated rings. The molecule has 166 valence electrons. The van der Waals surface area contributed by atoms with E-state index in [0.717, 1.165) is 5.56 Å². The number of rotatable bonds is 5. The Labute approximate surface area is 182 Å². The van der Waals surface area contributed by atoms with Gasteiger partial charge in [0.25, 0.3) is 20.0 Å². The van der Waals surface area contributed by atoms with Crippen LogP contribution in [-0.4, -0.2) is 72.6 Å². The third-order valence-electron chi connectivity index (χ3n) is 4.77. The molecule has 31 heavy (non-hydrogen) atoms. The lowest BCUT2D eigenvalue weighted by molar-refractivity contribution is 0.414. The number of amidine groups is 2. The monoisotopic (exact) mass is 464 g/mol. The van der Waals surface area contributed by atoms with E-state index >= 15 is 0 Å². The molecular formula is C20H24N4O5S2. The lowest BCUT2D eigenvalue weighted by atomic mass is 10.2. The molecule has 0 radical (unpaired) electrons. The zero-order chi connectivity index (χ0) is 22.8. The Balaban J connectivity index is 1.84. The minimum atomic E-state index is -3.93. The first-order chi connectivity index (χ1) is 14.5. The van der Waals surface area contributed by atoms with Crippen molar-refractivity contribution in [3.8, 4) is 5.75 Å². The van der Waals surface area contributed by atoms with E-state index in [1.54, 1.807) is 48.2 Å². The summed E-state index contributed by atoms with van der Waals surface area (Å²) in [5, 5.41) is 0. The Bertz CT molecular complexity index is 1220. The Morgan fingerprint density at radius 1 is 0.742 bits per heavy atom. The van der Waals surface area contributed by atoms with E-state index in [1.165, 1.54) is 31.4 Å². The molecule has 0 atom stereocenters. The number of hydrogen-bond acceptors (Lipinski definition) is 5. The molecule has 0 bridgehead atoms. The van der Waals surface area contributed by atoms with Crippen LogP contribution >= 0.6 is 0 Å². The number of methoxy groups -OCH3 is 1. The van der Waals surface area contributed by atoms with Crippen molar-refractivity contribution in [1.29, 1.82) is 0 Å². The fourth-order valence-corrected chi connectivity index (χ4v) is 5.01. The van der Waals surface area contributed by atoms with Crippen LogP contribution in [0.4, 0.5) is 0 Å². The van der Waals surface area contributed by atoms with Gasteiger partial charge in [-0.2, -0.15) is 16.8 Å². The number of aryl methyl sites for hydroxylation is 1. The van der Waals surface area contributed by atoms with Crippen LogP contribution in [0.2, 0.25) is 0 Å². The maximum Gasteiger partial charge on any atom is 0.284 e. The topological polar surface area (TPSA) is 109 Å². The Hall–Kier alpha value is -2.92. The van der Waals surface area contributed by atoms with Gasteiger partial charge in [0.05, 0.1) is 30.0 Å². The predicted molar refractivity (Wildman–Crippen MR) is 119 cm³/mol. The second-order valence-corrected chi connectivity index (χ2v) is 10.4. The van der Waals surface area contributed by atoms with Crippen molar-refractivity contribution in [3.05, 3.63) is 54.1 Å². The predicted octanol–water partition coefficient (Wildman–Crippen LogP) is 1.76. The van der Waals surface area contributed by atoms with Gasteiger partial charge in [-0.05, 0) is 43.3 Å². The summed E-state index contributed by atoms with van der Waals surface area (Å²) in [6.45, 7) is 2.06. The standard InChI is InChI=1S/C20H24N4O5S2/c1-15-5-9-17(10-6-15)30(25,26)21-19-13-24(3)20(14-23(19)2)22-31(27,28)18-11-7-16(29-4)8-12-18/h5-12H,13-14H2,1-4H3. The Morgan fingerprint density at radius 2 is 1.13 bits per heavy atom. The molecule has 0 amide bonds. The number of nitrogens with zero attached hydrogens (tertiary/aromatic N) is 4. The maximum atomic E-state index is 12.7. The average molecular weight is 465 g/mol. The zero-order valence-corrected chi connectivity index (χ0v) is 19.3. The fourth-order valence-electron chi connectivity index (χ4n) is 2.89. The van der Waals surface area contributed by atoms with Gasteiger partial charge in [0.15, 0.2) is 0 Å². The number of ether oxygens (including phenoxy) is 1. The SMILES string of the molecule is COc1ccc(S(=O)(=O)N=C2CN(C)C(=NS(=O)(=O)c3ccc(C)cc3)CN2C)cc1. The normalized spacial score (nSPS) is 17.9. The summed E-state index contributed by atoms with van der Waals surface area (Å²) in [6.07, 6.45) is 0. The summed E-state index contributed by atoms with van der Waals surface area (Å²) < 4.78 is 63.6. The van der Waals surface area contributed by atoms with Crippen LogP contribution in [0.5, 0.6) is 5.75 Å². The molecule has 1 heterocycles. The van der Waals surface area contributed by atoms with E-state index in [2.05, 4.69) is 8.80 Å². The highest BCUT2D eigenvalue weighted by Gasteiger charge is 2.27. The van der Waals surface area contributed by atoms with Crippen LogP contribution < -0.4 is 4.74 Å². The van der Waals surface area contributed by atoms with Gasteiger partial charge >= 0.3 is 0 Å². The molecule has 0 saturated carbocycles. The molecule has 1 aliphatic heterocycles. The molecule has 0 N–H and O–H groups in total. The van der Waals surface area contributed by atoms with E-state index in [-0.39, 0.29) is 28.7 Å². The van der Waals surface area contributed by atoms with Crippen molar-refractivity contribution < 1.29 is 21.6 Å². The number of hydrogen-bond donors (Lipinski definition) is 0.